The van der Waals surface area contributed by atoms with Crippen LogP contribution in [-0.2, 0) is 16.1 Å². The summed E-state index contributed by atoms with van der Waals surface area (Å²) >= 11 is 0. The summed E-state index contributed by atoms with van der Waals surface area (Å²) in [5.41, 5.74) is 1.50. The highest BCUT2D eigenvalue weighted by Crippen LogP contribution is 2.36. The lowest BCUT2D eigenvalue weighted by molar-refractivity contribution is -0.129. The molecule has 0 spiro atoms. The fraction of sp³-hybridized carbons (Fsp3) is 0.185. The van der Waals surface area contributed by atoms with E-state index in [1.165, 1.54) is 0 Å². The second-order valence-corrected chi connectivity index (χ2v) is 8.33. The number of carbonyl (C=O) groups excluding carboxylic acids is 2. The number of nitrogens with zero attached hydrogens (tertiary/aromatic N) is 1. The van der Waals surface area contributed by atoms with E-state index in [1.54, 1.807) is 23.3 Å². The molecule has 166 valence electrons. The predicted octanol–water partition coefficient (Wildman–Crippen LogP) is 4.39. The third-order valence-electron chi connectivity index (χ3n) is 6.17. The third kappa shape index (κ3) is 4.20. The van der Waals surface area contributed by atoms with E-state index in [4.69, 9.17) is 4.42 Å². The van der Waals surface area contributed by atoms with Crippen molar-refractivity contribution in [2.45, 2.75) is 19.0 Å². The van der Waals surface area contributed by atoms with Crippen molar-refractivity contribution in [3.63, 3.8) is 0 Å². The summed E-state index contributed by atoms with van der Waals surface area (Å²) in [5.74, 6) is 0.0372. The molecule has 2 heterocycles. The van der Waals surface area contributed by atoms with Gasteiger partial charge in [0.2, 0.25) is 11.8 Å². The van der Waals surface area contributed by atoms with Gasteiger partial charge in [-0.15, -0.1) is 0 Å². The van der Waals surface area contributed by atoms with Crippen LogP contribution in [0.4, 0.5) is 0 Å². The topological polar surface area (TPSA) is 82.8 Å². The summed E-state index contributed by atoms with van der Waals surface area (Å²) in [6.07, 6.45) is 1.72. The predicted molar refractivity (Wildman–Crippen MR) is 124 cm³/mol. The van der Waals surface area contributed by atoms with Gasteiger partial charge in [0, 0.05) is 18.5 Å². The van der Waals surface area contributed by atoms with Gasteiger partial charge in [-0.2, -0.15) is 0 Å². The second-order valence-electron chi connectivity index (χ2n) is 8.33. The number of hydrogen-bond donors (Lipinski definition) is 2. The maximum atomic E-state index is 13.3. The molecule has 6 heteroatoms. The molecule has 2 unspecified atom stereocenters. The van der Waals surface area contributed by atoms with Crippen LogP contribution in [0, 0.1) is 5.92 Å². The minimum absolute atomic E-state index is 0.0733. The molecule has 1 aliphatic rings. The van der Waals surface area contributed by atoms with Gasteiger partial charge in [0.25, 0.3) is 0 Å². The Labute approximate surface area is 191 Å². The summed E-state index contributed by atoms with van der Waals surface area (Å²) in [7, 11) is 0. The average Bonchev–Trinajstić information content (AvgIpc) is 3.48. The van der Waals surface area contributed by atoms with Crippen molar-refractivity contribution in [2.75, 3.05) is 6.54 Å². The Hall–Kier alpha value is -4.06. The maximum Gasteiger partial charge on any atom is 0.226 e. The molecule has 0 aliphatic carbocycles. The largest absolute Gasteiger partial charge is 0.508 e. The Kier molecular flexibility index (Phi) is 5.57. The lowest BCUT2D eigenvalue weighted by Gasteiger charge is -2.24. The molecule has 5 rings (SSSR count). The van der Waals surface area contributed by atoms with E-state index in [0.717, 1.165) is 16.3 Å². The number of nitrogens with one attached hydrogen (secondary N) is 1. The summed E-state index contributed by atoms with van der Waals surface area (Å²) in [6.45, 7) is 0.677. The molecule has 33 heavy (non-hydrogen) atoms. The van der Waals surface area contributed by atoms with Gasteiger partial charge < -0.3 is 19.7 Å². The fourth-order valence-electron chi connectivity index (χ4n) is 4.51. The van der Waals surface area contributed by atoms with Crippen molar-refractivity contribution in [1.82, 2.24) is 10.2 Å². The smallest absolute Gasteiger partial charge is 0.226 e. The van der Waals surface area contributed by atoms with E-state index in [-0.39, 0.29) is 24.0 Å². The average molecular weight is 440 g/mol. The number of likely N-dealkylation sites (tertiary alicyclic amines) is 1. The Morgan fingerprint density at radius 2 is 1.82 bits per heavy atom. The van der Waals surface area contributed by atoms with Gasteiger partial charge in [-0.3, -0.25) is 9.59 Å². The number of rotatable bonds is 6. The lowest BCUT2D eigenvalue weighted by Crippen LogP contribution is -2.36. The summed E-state index contributed by atoms with van der Waals surface area (Å²) in [4.78, 5) is 27.5. The number of aromatic hydroxyl groups is 1. The van der Waals surface area contributed by atoms with E-state index in [2.05, 4.69) is 5.32 Å². The number of phenolic OH excluding ortho intramolecular Hbond substituents is 1. The minimum atomic E-state index is -0.556. The van der Waals surface area contributed by atoms with Gasteiger partial charge in [-0.05, 0) is 34.5 Å². The molecule has 1 saturated heterocycles. The van der Waals surface area contributed by atoms with Crippen molar-refractivity contribution in [2.24, 2.45) is 5.92 Å². The van der Waals surface area contributed by atoms with Crippen LogP contribution >= 0.6 is 0 Å². The Bertz CT molecular complexity index is 1280. The number of hydrogen-bond acceptors (Lipinski definition) is 4. The number of amides is 2. The van der Waals surface area contributed by atoms with Crippen LogP contribution in [0.15, 0.2) is 89.5 Å². The first-order chi connectivity index (χ1) is 16.1. The first-order valence-corrected chi connectivity index (χ1v) is 11.0. The molecule has 3 aromatic carbocycles. The highest BCUT2D eigenvalue weighted by molar-refractivity contribution is 5.92. The summed E-state index contributed by atoms with van der Waals surface area (Å²) < 4.78 is 5.35. The highest BCUT2D eigenvalue weighted by Gasteiger charge is 2.36. The number of fused-ring (bicyclic) bond motifs is 1. The van der Waals surface area contributed by atoms with E-state index in [1.807, 2.05) is 66.7 Å². The molecule has 2 N–H and O–H groups in total. The SMILES string of the molecule is O=C(NC(c1ccccc1)c1c(O)ccc2ccccc12)C1CC(=O)N(Cc2ccco2)C1. The Morgan fingerprint density at radius 1 is 1.03 bits per heavy atom. The monoisotopic (exact) mass is 440 g/mol. The fourth-order valence-corrected chi connectivity index (χ4v) is 4.51. The van der Waals surface area contributed by atoms with E-state index >= 15 is 0 Å². The molecule has 0 bridgehead atoms. The van der Waals surface area contributed by atoms with Gasteiger partial charge in [-0.1, -0.05) is 60.7 Å². The second kappa shape index (κ2) is 8.82. The van der Waals surface area contributed by atoms with E-state index < -0.39 is 12.0 Å². The molecule has 0 radical (unpaired) electrons. The van der Waals surface area contributed by atoms with Crippen LogP contribution < -0.4 is 5.32 Å². The summed E-state index contributed by atoms with van der Waals surface area (Å²) in [6, 6.07) is 23.9. The molecule has 1 aromatic heterocycles. The van der Waals surface area contributed by atoms with Crippen LogP contribution in [-0.4, -0.2) is 28.4 Å². The number of phenols is 1. The van der Waals surface area contributed by atoms with Gasteiger partial charge in [0.15, 0.2) is 0 Å². The van der Waals surface area contributed by atoms with Gasteiger partial charge in [0.1, 0.15) is 11.5 Å². The van der Waals surface area contributed by atoms with Crippen molar-refractivity contribution in [1.29, 1.82) is 0 Å². The first-order valence-electron chi connectivity index (χ1n) is 11.0. The maximum absolute atomic E-state index is 13.3. The summed E-state index contributed by atoms with van der Waals surface area (Å²) in [5, 5.41) is 15.8. The molecular weight excluding hydrogens is 416 g/mol. The molecule has 0 saturated carbocycles. The molecular formula is C27H24N2O4. The first kappa shape index (κ1) is 20.8. The van der Waals surface area contributed by atoms with E-state index in [0.29, 0.717) is 24.4 Å². The zero-order chi connectivity index (χ0) is 22.8. The quantitative estimate of drug-likeness (QED) is 0.466. The van der Waals surface area contributed by atoms with Crippen LogP contribution in [0.2, 0.25) is 0 Å². The van der Waals surface area contributed by atoms with Crippen LogP contribution in [0.3, 0.4) is 0 Å². The third-order valence-corrected chi connectivity index (χ3v) is 6.17. The Balaban J connectivity index is 1.44. The molecule has 4 aromatic rings. The van der Waals surface area contributed by atoms with Crippen LogP contribution in [0.25, 0.3) is 10.8 Å². The lowest BCUT2D eigenvalue weighted by atomic mass is 9.92. The van der Waals surface area contributed by atoms with Crippen molar-refractivity contribution in [3.8, 4) is 5.75 Å². The van der Waals surface area contributed by atoms with Crippen molar-refractivity contribution >= 4 is 22.6 Å². The highest BCUT2D eigenvalue weighted by atomic mass is 16.3. The van der Waals surface area contributed by atoms with Crippen molar-refractivity contribution < 1.29 is 19.1 Å². The molecule has 6 nitrogen and oxygen atoms in total. The number of furan rings is 1. The minimum Gasteiger partial charge on any atom is -0.508 e. The van der Waals surface area contributed by atoms with Crippen molar-refractivity contribution in [3.05, 3.63) is 102 Å². The number of carbonyl (C=O) groups is 2. The molecule has 2 amide bonds. The van der Waals surface area contributed by atoms with Crippen LogP contribution in [0.5, 0.6) is 5.75 Å². The van der Waals surface area contributed by atoms with Gasteiger partial charge >= 0.3 is 0 Å². The molecule has 1 fully saturated rings. The normalized spacial score (nSPS) is 16.8. The van der Waals surface area contributed by atoms with E-state index in [9.17, 15) is 14.7 Å². The van der Waals surface area contributed by atoms with Gasteiger partial charge in [0.05, 0.1) is 24.8 Å². The molecule has 1 aliphatic heterocycles. The Morgan fingerprint density at radius 3 is 2.61 bits per heavy atom. The number of benzene rings is 3. The van der Waals surface area contributed by atoms with Crippen LogP contribution in [0.1, 0.15) is 29.3 Å². The standard InChI is InChI=1S/C27H24N2O4/c30-23-13-12-18-7-4-5-11-22(18)25(23)26(19-8-2-1-3-9-19)28-27(32)20-15-24(31)29(16-20)17-21-10-6-14-33-21/h1-14,20,26,30H,15-17H2,(H,28,32). The van der Waals surface area contributed by atoms with Gasteiger partial charge in [-0.25, -0.2) is 0 Å². The zero-order valence-corrected chi connectivity index (χ0v) is 18.0. The molecule has 2 atom stereocenters. The zero-order valence-electron chi connectivity index (χ0n) is 18.0.